The van der Waals surface area contributed by atoms with Crippen LogP contribution < -0.4 is 0 Å². The molecule has 15 heavy (non-hydrogen) atoms. The van der Waals surface area contributed by atoms with Gasteiger partial charge in [0.2, 0.25) is 0 Å². The van der Waals surface area contributed by atoms with Crippen LogP contribution in [-0.4, -0.2) is 9.97 Å². The Morgan fingerprint density at radius 3 is 2.53 bits per heavy atom. The van der Waals surface area contributed by atoms with Gasteiger partial charge in [-0.15, -0.1) is 0 Å². The van der Waals surface area contributed by atoms with Crippen LogP contribution in [0.4, 0.5) is 0 Å². The summed E-state index contributed by atoms with van der Waals surface area (Å²) in [4.78, 5) is 8.30. The van der Waals surface area contributed by atoms with Crippen LogP contribution in [0.1, 0.15) is 5.56 Å². The van der Waals surface area contributed by atoms with E-state index in [1.165, 1.54) is 0 Å². The van der Waals surface area contributed by atoms with Gasteiger partial charge in [-0.05, 0) is 23.8 Å². The lowest BCUT2D eigenvalue weighted by molar-refractivity contribution is 1.24. The molecule has 0 aromatic carbocycles. The van der Waals surface area contributed by atoms with Crippen LogP contribution in [0.3, 0.4) is 0 Å². The summed E-state index contributed by atoms with van der Waals surface area (Å²) in [6.07, 6.45) is 3.49. The first-order chi connectivity index (χ1) is 7.31. The van der Waals surface area contributed by atoms with Crippen molar-refractivity contribution in [2.24, 2.45) is 0 Å². The summed E-state index contributed by atoms with van der Waals surface area (Å²) in [5, 5.41) is 1.26. The van der Waals surface area contributed by atoms with Crippen LogP contribution in [0.2, 0.25) is 5.15 Å². The average molecular weight is 284 g/mol. The van der Waals surface area contributed by atoms with Crippen molar-refractivity contribution in [1.82, 2.24) is 9.97 Å². The van der Waals surface area contributed by atoms with Crippen molar-refractivity contribution in [3.63, 3.8) is 0 Å². The molecule has 0 N–H and O–H groups in total. The fourth-order valence-corrected chi connectivity index (χ4v) is 1.93. The quantitative estimate of drug-likeness (QED) is 0.620. The van der Waals surface area contributed by atoms with Crippen molar-refractivity contribution in [3.05, 3.63) is 47.4 Å². The Morgan fingerprint density at radius 2 is 1.87 bits per heavy atom. The summed E-state index contributed by atoms with van der Waals surface area (Å²) >= 11 is 9.31. The zero-order valence-electron chi connectivity index (χ0n) is 7.82. The van der Waals surface area contributed by atoms with Gasteiger partial charge in [0.1, 0.15) is 5.15 Å². The third-order valence-electron chi connectivity index (χ3n) is 2.04. The fraction of sp³-hybridized carbons (Fsp3) is 0.0909. The van der Waals surface area contributed by atoms with Gasteiger partial charge in [0.15, 0.2) is 0 Å². The fourth-order valence-electron chi connectivity index (χ4n) is 1.33. The lowest BCUT2D eigenvalue weighted by atomic mass is 10.1. The normalized spacial score (nSPS) is 10.3. The highest BCUT2D eigenvalue weighted by Gasteiger charge is 2.06. The topological polar surface area (TPSA) is 25.8 Å². The molecule has 0 spiro atoms. The third kappa shape index (κ3) is 2.36. The zero-order chi connectivity index (χ0) is 10.7. The molecule has 0 amide bonds. The predicted octanol–water partition coefficient (Wildman–Crippen LogP) is 3.69. The standard InChI is InChI=1S/C11H8BrClN2/c12-7-9-1-2-10(13)15-11(9)8-3-5-14-6-4-8/h1-6H,7H2. The van der Waals surface area contributed by atoms with E-state index in [1.54, 1.807) is 18.5 Å². The second kappa shape index (κ2) is 4.73. The predicted molar refractivity (Wildman–Crippen MR) is 65.1 cm³/mol. The molecule has 76 valence electrons. The van der Waals surface area contributed by atoms with Crippen LogP contribution >= 0.6 is 27.5 Å². The van der Waals surface area contributed by atoms with E-state index in [-0.39, 0.29) is 0 Å². The van der Waals surface area contributed by atoms with Crippen LogP contribution in [0, 0.1) is 0 Å². The van der Waals surface area contributed by atoms with Crippen molar-refractivity contribution in [3.8, 4) is 11.3 Å². The maximum atomic E-state index is 5.88. The van der Waals surface area contributed by atoms with E-state index >= 15 is 0 Å². The van der Waals surface area contributed by atoms with Crippen molar-refractivity contribution in [2.75, 3.05) is 0 Å². The van der Waals surface area contributed by atoms with Gasteiger partial charge in [0, 0.05) is 23.3 Å². The first-order valence-corrected chi connectivity index (χ1v) is 5.93. The minimum atomic E-state index is 0.506. The summed E-state index contributed by atoms with van der Waals surface area (Å²) in [5.41, 5.74) is 3.05. The van der Waals surface area contributed by atoms with Crippen molar-refractivity contribution >= 4 is 27.5 Å². The summed E-state index contributed by atoms with van der Waals surface area (Å²) in [6.45, 7) is 0. The van der Waals surface area contributed by atoms with E-state index in [1.807, 2.05) is 18.2 Å². The van der Waals surface area contributed by atoms with E-state index in [0.717, 1.165) is 22.2 Å². The highest BCUT2D eigenvalue weighted by atomic mass is 79.9. The lowest BCUT2D eigenvalue weighted by Crippen LogP contribution is -1.91. The second-order valence-electron chi connectivity index (χ2n) is 3.01. The van der Waals surface area contributed by atoms with Gasteiger partial charge in [0.25, 0.3) is 0 Å². The van der Waals surface area contributed by atoms with E-state index in [2.05, 4.69) is 25.9 Å². The Kier molecular flexibility index (Phi) is 3.34. The van der Waals surface area contributed by atoms with Gasteiger partial charge in [0.05, 0.1) is 5.69 Å². The molecule has 0 aliphatic heterocycles. The number of halogens is 2. The molecule has 4 heteroatoms. The molecule has 0 atom stereocenters. The Balaban J connectivity index is 2.56. The first-order valence-electron chi connectivity index (χ1n) is 4.43. The maximum Gasteiger partial charge on any atom is 0.129 e. The first kappa shape index (κ1) is 10.6. The lowest BCUT2D eigenvalue weighted by Gasteiger charge is -2.06. The number of pyridine rings is 2. The van der Waals surface area contributed by atoms with Gasteiger partial charge in [-0.1, -0.05) is 33.6 Å². The van der Waals surface area contributed by atoms with Gasteiger partial charge < -0.3 is 0 Å². The molecule has 2 nitrogen and oxygen atoms in total. The molecule has 0 saturated carbocycles. The molecule has 0 aliphatic rings. The van der Waals surface area contributed by atoms with Crippen LogP contribution in [0.5, 0.6) is 0 Å². The highest BCUT2D eigenvalue weighted by molar-refractivity contribution is 9.08. The molecule has 0 unspecified atom stereocenters. The zero-order valence-corrected chi connectivity index (χ0v) is 10.2. The van der Waals surface area contributed by atoms with E-state index in [0.29, 0.717) is 5.15 Å². The van der Waals surface area contributed by atoms with E-state index in [9.17, 15) is 0 Å². The number of alkyl halides is 1. The molecular formula is C11H8BrClN2. The number of hydrogen-bond donors (Lipinski definition) is 0. The van der Waals surface area contributed by atoms with Crippen LogP contribution in [0.15, 0.2) is 36.7 Å². The second-order valence-corrected chi connectivity index (χ2v) is 3.96. The Labute approximate surface area is 101 Å². The number of nitrogens with zero attached hydrogens (tertiary/aromatic N) is 2. The minimum absolute atomic E-state index is 0.506. The molecule has 0 saturated heterocycles. The monoisotopic (exact) mass is 282 g/mol. The van der Waals surface area contributed by atoms with Crippen molar-refractivity contribution < 1.29 is 0 Å². The molecule has 2 aromatic rings. The largest absolute Gasteiger partial charge is 0.265 e. The number of rotatable bonds is 2. The average Bonchev–Trinajstić information content (AvgIpc) is 2.30. The third-order valence-corrected chi connectivity index (χ3v) is 2.86. The van der Waals surface area contributed by atoms with Crippen LogP contribution in [0.25, 0.3) is 11.3 Å². The Bertz CT molecular complexity index is 459. The van der Waals surface area contributed by atoms with Gasteiger partial charge in [-0.3, -0.25) is 4.98 Å². The minimum Gasteiger partial charge on any atom is -0.265 e. The maximum absolute atomic E-state index is 5.88. The molecule has 2 rings (SSSR count). The number of aromatic nitrogens is 2. The molecule has 0 radical (unpaired) electrons. The molecule has 2 aromatic heterocycles. The Morgan fingerprint density at radius 1 is 1.13 bits per heavy atom. The number of hydrogen-bond acceptors (Lipinski definition) is 2. The molecule has 0 bridgehead atoms. The van der Waals surface area contributed by atoms with Crippen molar-refractivity contribution in [2.45, 2.75) is 5.33 Å². The van der Waals surface area contributed by atoms with Gasteiger partial charge in [-0.2, -0.15) is 0 Å². The summed E-state index contributed by atoms with van der Waals surface area (Å²) in [7, 11) is 0. The van der Waals surface area contributed by atoms with Crippen LogP contribution in [-0.2, 0) is 5.33 Å². The van der Waals surface area contributed by atoms with E-state index in [4.69, 9.17) is 11.6 Å². The van der Waals surface area contributed by atoms with Crippen molar-refractivity contribution in [1.29, 1.82) is 0 Å². The summed E-state index contributed by atoms with van der Waals surface area (Å²) in [6, 6.07) is 7.61. The molecule has 0 aliphatic carbocycles. The Hall–Kier alpha value is -0.930. The molecule has 0 fully saturated rings. The molecule has 2 heterocycles. The van der Waals surface area contributed by atoms with Gasteiger partial charge in [-0.25, -0.2) is 4.98 Å². The molecular weight excluding hydrogens is 275 g/mol. The smallest absolute Gasteiger partial charge is 0.129 e. The summed E-state index contributed by atoms with van der Waals surface area (Å²) in [5.74, 6) is 0. The summed E-state index contributed by atoms with van der Waals surface area (Å²) < 4.78 is 0. The SMILES string of the molecule is Clc1ccc(CBr)c(-c2ccncc2)n1. The van der Waals surface area contributed by atoms with E-state index < -0.39 is 0 Å². The van der Waals surface area contributed by atoms with Gasteiger partial charge >= 0.3 is 0 Å². The highest BCUT2D eigenvalue weighted by Crippen LogP contribution is 2.24.